The van der Waals surface area contributed by atoms with Crippen molar-refractivity contribution >= 4 is 5.91 Å². The summed E-state index contributed by atoms with van der Waals surface area (Å²) in [6, 6.07) is 18.0. The van der Waals surface area contributed by atoms with Gasteiger partial charge >= 0.3 is 0 Å². The minimum absolute atomic E-state index is 0.210. The van der Waals surface area contributed by atoms with Gasteiger partial charge in [0.2, 0.25) is 0 Å². The molecule has 1 heterocycles. The SMILES string of the molecule is C=CCN(Cc1cccn1Cc1ccccc1C)C(=O)c1cccc(F)c1. The Labute approximate surface area is 159 Å². The third-order valence-corrected chi connectivity index (χ3v) is 4.59. The molecule has 3 nitrogen and oxygen atoms in total. The van der Waals surface area contributed by atoms with Gasteiger partial charge in [0, 0.05) is 30.5 Å². The number of aryl methyl sites for hydroxylation is 1. The fraction of sp³-hybridized carbons (Fsp3) is 0.174. The summed E-state index contributed by atoms with van der Waals surface area (Å²) in [5.41, 5.74) is 3.83. The van der Waals surface area contributed by atoms with Crippen LogP contribution in [0.1, 0.15) is 27.2 Å². The zero-order chi connectivity index (χ0) is 19.2. The molecule has 0 fully saturated rings. The van der Waals surface area contributed by atoms with Gasteiger partial charge in [-0.3, -0.25) is 4.79 Å². The van der Waals surface area contributed by atoms with Crippen LogP contribution in [0.2, 0.25) is 0 Å². The molecule has 1 aromatic heterocycles. The topological polar surface area (TPSA) is 25.2 Å². The molecule has 0 saturated heterocycles. The van der Waals surface area contributed by atoms with E-state index in [0.717, 1.165) is 12.2 Å². The minimum atomic E-state index is -0.415. The van der Waals surface area contributed by atoms with Gasteiger partial charge < -0.3 is 9.47 Å². The Morgan fingerprint density at radius 1 is 1.15 bits per heavy atom. The largest absolute Gasteiger partial charge is 0.345 e. The average Bonchev–Trinajstić information content (AvgIpc) is 3.09. The quantitative estimate of drug-likeness (QED) is 0.554. The summed E-state index contributed by atoms with van der Waals surface area (Å²) in [5.74, 6) is -0.625. The molecule has 138 valence electrons. The Kier molecular flexibility index (Phi) is 5.87. The summed E-state index contributed by atoms with van der Waals surface area (Å²) in [6.45, 7) is 7.41. The molecule has 3 aromatic rings. The first-order valence-electron chi connectivity index (χ1n) is 8.92. The second kappa shape index (κ2) is 8.49. The summed E-state index contributed by atoms with van der Waals surface area (Å²) >= 11 is 0. The second-order valence-corrected chi connectivity index (χ2v) is 6.54. The number of carbonyl (C=O) groups excluding carboxylic acids is 1. The molecule has 0 atom stereocenters. The maximum atomic E-state index is 13.5. The lowest BCUT2D eigenvalue weighted by Crippen LogP contribution is -2.31. The third-order valence-electron chi connectivity index (χ3n) is 4.59. The van der Waals surface area contributed by atoms with Crippen LogP contribution in [-0.4, -0.2) is 21.9 Å². The Hall–Kier alpha value is -3.14. The van der Waals surface area contributed by atoms with Gasteiger partial charge in [0.05, 0.1) is 6.54 Å². The van der Waals surface area contributed by atoms with Gasteiger partial charge in [0.15, 0.2) is 0 Å². The van der Waals surface area contributed by atoms with Gasteiger partial charge in [-0.05, 0) is 48.4 Å². The van der Waals surface area contributed by atoms with E-state index in [-0.39, 0.29) is 5.91 Å². The average molecular weight is 362 g/mol. The van der Waals surface area contributed by atoms with Crippen molar-refractivity contribution < 1.29 is 9.18 Å². The maximum absolute atomic E-state index is 13.5. The summed E-state index contributed by atoms with van der Waals surface area (Å²) in [6.07, 6.45) is 3.70. The number of nitrogens with zero attached hydrogens (tertiary/aromatic N) is 2. The van der Waals surface area contributed by atoms with Crippen LogP contribution in [0.5, 0.6) is 0 Å². The standard InChI is InChI=1S/C23H23FN2O/c1-3-13-26(23(27)19-10-6-11-21(24)15-19)17-22-12-7-14-25(22)16-20-9-5-4-8-18(20)2/h3-12,14-15H,1,13,16-17H2,2H3. The first-order valence-corrected chi connectivity index (χ1v) is 8.92. The van der Waals surface area contributed by atoms with Crippen LogP contribution in [0.15, 0.2) is 79.5 Å². The van der Waals surface area contributed by atoms with Crippen molar-refractivity contribution in [3.8, 4) is 0 Å². The van der Waals surface area contributed by atoms with Crippen LogP contribution < -0.4 is 0 Å². The van der Waals surface area contributed by atoms with Crippen LogP contribution in [0.4, 0.5) is 4.39 Å². The number of amides is 1. The van der Waals surface area contributed by atoms with Crippen LogP contribution in [0, 0.1) is 12.7 Å². The van der Waals surface area contributed by atoms with Gasteiger partial charge in [-0.25, -0.2) is 4.39 Å². The first-order chi connectivity index (χ1) is 13.1. The highest BCUT2D eigenvalue weighted by molar-refractivity contribution is 5.94. The van der Waals surface area contributed by atoms with E-state index in [1.807, 2.05) is 30.5 Å². The molecule has 0 N–H and O–H groups in total. The maximum Gasteiger partial charge on any atom is 0.254 e. The normalized spacial score (nSPS) is 10.6. The van der Waals surface area contributed by atoms with Crippen LogP contribution in [-0.2, 0) is 13.1 Å². The molecule has 4 heteroatoms. The number of rotatable bonds is 7. The van der Waals surface area contributed by atoms with E-state index in [9.17, 15) is 9.18 Å². The summed E-state index contributed by atoms with van der Waals surface area (Å²) in [4.78, 5) is 14.5. The summed E-state index contributed by atoms with van der Waals surface area (Å²) in [5, 5.41) is 0. The molecule has 0 aliphatic rings. The fourth-order valence-electron chi connectivity index (χ4n) is 3.09. The predicted molar refractivity (Wildman–Crippen MR) is 106 cm³/mol. The summed E-state index contributed by atoms with van der Waals surface area (Å²) < 4.78 is 15.6. The van der Waals surface area contributed by atoms with Crippen molar-refractivity contribution in [3.05, 3.63) is 108 Å². The molecule has 3 rings (SSSR count). The van der Waals surface area contributed by atoms with Crippen molar-refractivity contribution in [2.75, 3.05) is 6.54 Å². The van der Waals surface area contributed by atoms with Crippen molar-refractivity contribution in [2.45, 2.75) is 20.0 Å². The molecule has 0 spiro atoms. The second-order valence-electron chi connectivity index (χ2n) is 6.54. The van der Waals surface area contributed by atoms with Crippen LogP contribution in [0.3, 0.4) is 0 Å². The number of carbonyl (C=O) groups is 1. The van der Waals surface area contributed by atoms with E-state index in [0.29, 0.717) is 18.7 Å². The lowest BCUT2D eigenvalue weighted by Gasteiger charge is -2.22. The van der Waals surface area contributed by atoms with Gasteiger partial charge in [0.25, 0.3) is 5.91 Å². The number of halogens is 1. The molecule has 0 aliphatic carbocycles. The van der Waals surface area contributed by atoms with E-state index in [4.69, 9.17) is 0 Å². The smallest absolute Gasteiger partial charge is 0.254 e. The monoisotopic (exact) mass is 362 g/mol. The van der Waals surface area contributed by atoms with Crippen molar-refractivity contribution in [2.24, 2.45) is 0 Å². The molecule has 27 heavy (non-hydrogen) atoms. The molecule has 0 bridgehead atoms. The highest BCUT2D eigenvalue weighted by atomic mass is 19.1. The molecule has 2 aromatic carbocycles. The van der Waals surface area contributed by atoms with Gasteiger partial charge in [-0.1, -0.05) is 36.4 Å². The number of hydrogen-bond acceptors (Lipinski definition) is 1. The number of benzene rings is 2. The molecule has 0 saturated carbocycles. The van der Waals surface area contributed by atoms with Gasteiger partial charge in [-0.2, -0.15) is 0 Å². The number of aromatic nitrogens is 1. The van der Waals surface area contributed by atoms with Crippen LogP contribution in [0.25, 0.3) is 0 Å². The van der Waals surface area contributed by atoms with E-state index in [1.54, 1.807) is 23.1 Å². The Morgan fingerprint density at radius 3 is 2.70 bits per heavy atom. The van der Waals surface area contributed by atoms with E-state index < -0.39 is 5.82 Å². The van der Waals surface area contributed by atoms with E-state index in [1.165, 1.54) is 23.3 Å². The van der Waals surface area contributed by atoms with E-state index >= 15 is 0 Å². The molecule has 0 unspecified atom stereocenters. The van der Waals surface area contributed by atoms with Crippen molar-refractivity contribution in [3.63, 3.8) is 0 Å². The molecular formula is C23H23FN2O. The van der Waals surface area contributed by atoms with Crippen molar-refractivity contribution in [1.82, 2.24) is 9.47 Å². The van der Waals surface area contributed by atoms with Crippen LogP contribution >= 0.6 is 0 Å². The van der Waals surface area contributed by atoms with Crippen molar-refractivity contribution in [1.29, 1.82) is 0 Å². The van der Waals surface area contributed by atoms with Gasteiger partial charge in [-0.15, -0.1) is 6.58 Å². The molecule has 0 aliphatic heterocycles. The molecular weight excluding hydrogens is 339 g/mol. The fourth-order valence-corrected chi connectivity index (χ4v) is 3.09. The zero-order valence-corrected chi connectivity index (χ0v) is 15.4. The summed E-state index contributed by atoms with van der Waals surface area (Å²) in [7, 11) is 0. The molecule has 1 amide bonds. The first kappa shape index (κ1) is 18.6. The van der Waals surface area contributed by atoms with Gasteiger partial charge in [0.1, 0.15) is 5.82 Å². The highest BCUT2D eigenvalue weighted by Gasteiger charge is 2.17. The lowest BCUT2D eigenvalue weighted by atomic mass is 10.1. The molecule has 0 radical (unpaired) electrons. The predicted octanol–water partition coefficient (Wildman–Crippen LogP) is 4.81. The Balaban J connectivity index is 1.82. The Morgan fingerprint density at radius 2 is 1.96 bits per heavy atom. The highest BCUT2D eigenvalue weighted by Crippen LogP contribution is 2.15. The zero-order valence-electron chi connectivity index (χ0n) is 15.4. The van der Waals surface area contributed by atoms with E-state index in [2.05, 4.69) is 30.2 Å². The Bertz CT molecular complexity index is 945. The lowest BCUT2D eigenvalue weighted by molar-refractivity contribution is 0.0759. The third kappa shape index (κ3) is 4.53. The minimum Gasteiger partial charge on any atom is -0.345 e. The number of hydrogen-bond donors (Lipinski definition) is 0.